The molecule has 1 aliphatic carbocycles. The van der Waals surface area contributed by atoms with E-state index < -0.39 is 11.7 Å². The molecule has 1 heterocycles. The summed E-state index contributed by atoms with van der Waals surface area (Å²) in [6.07, 6.45) is 4.91. The van der Waals surface area contributed by atoms with E-state index in [9.17, 15) is 9.59 Å². The fraction of sp³-hybridized carbons (Fsp3) is 0.355. The number of carbonyl (C=O) groups excluding carboxylic acids is 2. The van der Waals surface area contributed by atoms with Crippen molar-refractivity contribution in [2.75, 3.05) is 5.73 Å². The van der Waals surface area contributed by atoms with Gasteiger partial charge in [-0.05, 0) is 76.6 Å². The van der Waals surface area contributed by atoms with Crippen LogP contribution in [0.3, 0.4) is 0 Å². The van der Waals surface area contributed by atoms with Crippen LogP contribution >= 0.6 is 11.6 Å². The molecule has 1 saturated carbocycles. The van der Waals surface area contributed by atoms with Crippen molar-refractivity contribution in [1.82, 2.24) is 10.3 Å². The van der Waals surface area contributed by atoms with E-state index >= 15 is 0 Å². The van der Waals surface area contributed by atoms with Gasteiger partial charge in [-0.3, -0.25) is 10.1 Å². The number of nitrogens with one attached hydrogen (secondary N) is 1. The maximum atomic E-state index is 12.9. The fourth-order valence-electron chi connectivity index (χ4n) is 4.70. The minimum atomic E-state index is -0.621. The van der Waals surface area contributed by atoms with E-state index in [2.05, 4.69) is 27.1 Å². The maximum Gasteiger partial charge on any atom is 0.414 e. The standard InChI is InChI=1S/C31H34ClN5O3/c1-31(2,3)40-30(39)37-29(34)36-24-13-6-20(7-14-24)16-27(38)21-9-4-19(5-10-21)8-15-25-26-17-23(32)12-11-22(26)18-35-28(25)33/h4-5,9-12,17-18,20,24H,6-7,13-14,16H2,1-3H3,(H2,33,35)(H3,34,36,37,39). The second kappa shape index (κ2) is 12.4. The third-order valence-electron chi connectivity index (χ3n) is 6.66. The van der Waals surface area contributed by atoms with Crippen LogP contribution in [0.1, 0.15) is 74.4 Å². The first-order valence-electron chi connectivity index (χ1n) is 13.3. The summed E-state index contributed by atoms with van der Waals surface area (Å²) in [6.45, 7) is 5.34. The first kappa shape index (κ1) is 28.9. The van der Waals surface area contributed by atoms with Crippen molar-refractivity contribution in [3.63, 3.8) is 0 Å². The number of nitrogens with two attached hydrogens (primary N) is 2. The Morgan fingerprint density at radius 3 is 2.48 bits per heavy atom. The number of halogens is 1. The molecule has 0 atom stereocenters. The number of nitrogens with zero attached hydrogens (tertiary/aromatic N) is 2. The molecule has 0 radical (unpaired) electrons. The summed E-state index contributed by atoms with van der Waals surface area (Å²) < 4.78 is 5.20. The third kappa shape index (κ3) is 7.96. The Kier molecular flexibility index (Phi) is 8.96. The maximum absolute atomic E-state index is 12.9. The number of anilines is 1. The number of ether oxygens (including phenoxy) is 1. The molecule has 9 heteroatoms. The lowest BCUT2D eigenvalue weighted by Crippen LogP contribution is -2.41. The lowest BCUT2D eigenvalue weighted by molar-refractivity contribution is 0.0562. The molecule has 0 bridgehead atoms. The molecule has 1 aliphatic rings. The highest BCUT2D eigenvalue weighted by atomic mass is 35.5. The molecule has 3 aromatic rings. The lowest BCUT2D eigenvalue weighted by atomic mass is 9.82. The van der Waals surface area contributed by atoms with Crippen LogP contribution in [-0.4, -0.2) is 34.5 Å². The number of alkyl carbamates (subject to hydrolysis) is 1. The first-order valence-corrected chi connectivity index (χ1v) is 13.7. The smallest absolute Gasteiger partial charge is 0.414 e. The van der Waals surface area contributed by atoms with Crippen molar-refractivity contribution in [3.8, 4) is 11.8 Å². The van der Waals surface area contributed by atoms with E-state index in [4.69, 9.17) is 27.8 Å². The molecule has 40 heavy (non-hydrogen) atoms. The van der Waals surface area contributed by atoms with Crippen molar-refractivity contribution in [2.45, 2.75) is 64.5 Å². The number of aromatic nitrogens is 1. The Bertz CT molecular complexity index is 1490. The number of amides is 1. The van der Waals surface area contributed by atoms with Gasteiger partial charge in [0.2, 0.25) is 0 Å². The van der Waals surface area contributed by atoms with E-state index in [1.165, 1.54) is 0 Å². The molecule has 1 aromatic heterocycles. The number of fused-ring (bicyclic) bond motifs is 1. The highest BCUT2D eigenvalue weighted by molar-refractivity contribution is 6.31. The molecule has 8 nitrogen and oxygen atoms in total. The monoisotopic (exact) mass is 559 g/mol. The predicted octanol–water partition coefficient (Wildman–Crippen LogP) is 5.84. The number of Topliss-reactive ketones (excluding diaryl/α,β-unsaturated/α-hetero) is 1. The van der Waals surface area contributed by atoms with Gasteiger partial charge in [-0.15, -0.1) is 0 Å². The van der Waals surface area contributed by atoms with Gasteiger partial charge >= 0.3 is 6.09 Å². The van der Waals surface area contributed by atoms with E-state index in [0.717, 1.165) is 42.0 Å². The molecule has 0 saturated heterocycles. The summed E-state index contributed by atoms with van der Waals surface area (Å²) in [4.78, 5) is 33.5. The topological polar surface area (TPSA) is 133 Å². The van der Waals surface area contributed by atoms with Gasteiger partial charge in [0, 0.05) is 39.5 Å². The number of carbonyl (C=O) groups is 2. The van der Waals surface area contributed by atoms with Crippen LogP contribution < -0.4 is 16.8 Å². The number of guanidine groups is 1. The number of benzene rings is 2. The minimum Gasteiger partial charge on any atom is -0.444 e. The van der Waals surface area contributed by atoms with Crippen molar-refractivity contribution in [1.29, 1.82) is 0 Å². The molecule has 4 rings (SSSR count). The predicted molar refractivity (Wildman–Crippen MR) is 159 cm³/mol. The molecule has 0 spiro atoms. The summed E-state index contributed by atoms with van der Waals surface area (Å²) in [5.41, 5.74) is 13.4. The molecule has 0 aliphatic heterocycles. The first-order chi connectivity index (χ1) is 19.0. The SMILES string of the molecule is CC(C)(C)OC(=O)NC(N)=NC1CCC(CC(=O)c2ccc(C#Cc3c(N)ncc4ccc(Cl)cc34)cc2)CC1. The van der Waals surface area contributed by atoms with Gasteiger partial charge in [0.25, 0.3) is 0 Å². The highest BCUT2D eigenvalue weighted by Crippen LogP contribution is 2.30. The van der Waals surface area contributed by atoms with Crippen LogP contribution in [0.4, 0.5) is 10.6 Å². The molecule has 1 amide bonds. The Hall–Kier alpha value is -4.09. The molecule has 208 valence electrons. The quantitative estimate of drug-likeness (QED) is 0.159. The van der Waals surface area contributed by atoms with Crippen molar-refractivity contribution in [2.24, 2.45) is 16.6 Å². The largest absolute Gasteiger partial charge is 0.444 e. The van der Waals surface area contributed by atoms with Gasteiger partial charge in [-0.1, -0.05) is 41.6 Å². The molecule has 2 aromatic carbocycles. The zero-order chi connectivity index (χ0) is 28.9. The second-order valence-electron chi connectivity index (χ2n) is 11.0. The van der Waals surface area contributed by atoms with Crippen LogP contribution in [-0.2, 0) is 4.74 Å². The number of nitrogen functional groups attached to an aromatic ring is 1. The summed E-state index contributed by atoms with van der Waals surface area (Å²) in [5.74, 6) is 7.03. The Morgan fingerprint density at radius 2 is 1.80 bits per heavy atom. The highest BCUT2D eigenvalue weighted by Gasteiger charge is 2.24. The Labute approximate surface area is 239 Å². The molecule has 0 unspecified atom stereocenters. The van der Waals surface area contributed by atoms with Crippen LogP contribution in [0.5, 0.6) is 0 Å². The second-order valence-corrected chi connectivity index (χ2v) is 11.5. The van der Waals surface area contributed by atoms with Gasteiger partial charge in [0.1, 0.15) is 11.4 Å². The van der Waals surface area contributed by atoms with Gasteiger partial charge < -0.3 is 16.2 Å². The van der Waals surface area contributed by atoms with Crippen molar-refractivity contribution >= 4 is 46.0 Å². The van der Waals surface area contributed by atoms with Gasteiger partial charge in [0.15, 0.2) is 11.7 Å². The average Bonchev–Trinajstić information content (AvgIpc) is 2.88. The summed E-state index contributed by atoms with van der Waals surface area (Å²) in [6, 6.07) is 12.8. The van der Waals surface area contributed by atoms with Crippen LogP contribution in [0.25, 0.3) is 10.8 Å². The van der Waals surface area contributed by atoms with E-state index in [1.807, 2.05) is 36.4 Å². The van der Waals surface area contributed by atoms with Gasteiger partial charge in [-0.2, -0.15) is 0 Å². The molecular formula is C31H34ClN5O3. The lowest BCUT2D eigenvalue weighted by Gasteiger charge is -2.26. The van der Waals surface area contributed by atoms with Crippen molar-refractivity contribution < 1.29 is 14.3 Å². The fourth-order valence-corrected chi connectivity index (χ4v) is 4.87. The van der Waals surface area contributed by atoms with Crippen LogP contribution in [0, 0.1) is 17.8 Å². The van der Waals surface area contributed by atoms with Crippen LogP contribution in [0.15, 0.2) is 53.7 Å². The number of aliphatic imine (C=N–C) groups is 1. The van der Waals surface area contributed by atoms with E-state index in [-0.39, 0.29) is 23.7 Å². The summed E-state index contributed by atoms with van der Waals surface area (Å²) in [7, 11) is 0. The van der Waals surface area contributed by atoms with Gasteiger partial charge in [-0.25, -0.2) is 14.8 Å². The number of pyridine rings is 1. The average molecular weight is 560 g/mol. The summed E-state index contributed by atoms with van der Waals surface area (Å²) >= 11 is 6.17. The summed E-state index contributed by atoms with van der Waals surface area (Å²) in [5, 5.41) is 4.83. The normalized spacial score (nSPS) is 17.6. The third-order valence-corrected chi connectivity index (χ3v) is 6.90. The van der Waals surface area contributed by atoms with Crippen molar-refractivity contribution in [3.05, 3.63) is 70.4 Å². The zero-order valence-electron chi connectivity index (χ0n) is 23.0. The molecule has 5 N–H and O–H groups in total. The number of ketones is 1. The molecule has 1 fully saturated rings. The number of hydrogen-bond acceptors (Lipinski definition) is 6. The van der Waals surface area contributed by atoms with Gasteiger partial charge in [0.05, 0.1) is 11.6 Å². The molecular weight excluding hydrogens is 526 g/mol. The van der Waals surface area contributed by atoms with E-state index in [0.29, 0.717) is 28.4 Å². The van der Waals surface area contributed by atoms with Crippen LogP contribution in [0.2, 0.25) is 5.02 Å². The Balaban J connectivity index is 1.31. The minimum absolute atomic E-state index is 0.0149. The Morgan fingerprint density at radius 1 is 1.10 bits per heavy atom. The number of rotatable bonds is 4. The van der Waals surface area contributed by atoms with E-state index in [1.54, 1.807) is 33.0 Å². The zero-order valence-corrected chi connectivity index (χ0v) is 23.7. The number of hydrogen-bond donors (Lipinski definition) is 3.